The number of amides is 1. The van der Waals surface area contributed by atoms with Crippen molar-refractivity contribution in [2.75, 3.05) is 17.7 Å². The molecule has 0 unspecified atom stereocenters. The predicted molar refractivity (Wildman–Crippen MR) is 135 cm³/mol. The Morgan fingerprint density at radius 1 is 1.12 bits per heavy atom. The van der Waals surface area contributed by atoms with Gasteiger partial charge in [0.05, 0.1) is 12.4 Å². The molecule has 0 radical (unpaired) electrons. The summed E-state index contributed by atoms with van der Waals surface area (Å²) in [6, 6.07) is 12.1. The number of aromatic nitrogens is 3. The molecule has 1 amide bonds. The van der Waals surface area contributed by atoms with Crippen LogP contribution < -0.4 is 10.1 Å². The molecule has 33 heavy (non-hydrogen) atoms. The molecular formula is C26H32N4O2S. The molecule has 0 aliphatic heterocycles. The Kier molecular flexibility index (Phi) is 8.72. The largest absolute Gasteiger partial charge is 0.493 e. The van der Waals surface area contributed by atoms with Crippen LogP contribution >= 0.6 is 11.8 Å². The van der Waals surface area contributed by atoms with Crippen LogP contribution in [0.25, 0.3) is 0 Å². The maximum absolute atomic E-state index is 12.6. The Morgan fingerprint density at radius 2 is 1.85 bits per heavy atom. The maximum Gasteiger partial charge on any atom is 0.234 e. The molecule has 3 aromatic rings. The molecule has 0 saturated carbocycles. The zero-order chi connectivity index (χ0) is 23.8. The zero-order valence-electron chi connectivity index (χ0n) is 19.9. The summed E-state index contributed by atoms with van der Waals surface area (Å²) in [6.07, 6.45) is 3.38. The van der Waals surface area contributed by atoms with Crippen LogP contribution in [0.3, 0.4) is 0 Å². The standard InChI is InChI=1S/C26H32N4O2S/c1-6-13-30-23(12-9-14-32-22-11-8-7-10-19(22)3)28-29-26(30)33-17-24(31)27-25-20(4)15-18(2)16-21(25)5/h6-8,10-11,15-16H,1,9,12-14,17H2,2-5H3,(H,27,31). The number of nitrogens with zero attached hydrogens (tertiary/aromatic N) is 3. The number of carbonyl (C=O) groups is 1. The lowest BCUT2D eigenvalue weighted by Gasteiger charge is -2.13. The van der Waals surface area contributed by atoms with Crippen molar-refractivity contribution in [2.45, 2.75) is 52.2 Å². The van der Waals surface area contributed by atoms with Crippen molar-refractivity contribution >= 4 is 23.4 Å². The molecule has 0 atom stereocenters. The van der Waals surface area contributed by atoms with Crippen LogP contribution in [0.2, 0.25) is 0 Å². The van der Waals surface area contributed by atoms with E-state index in [0.717, 1.165) is 51.9 Å². The van der Waals surface area contributed by atoms with Gasteiger partial charge in [0.1, 0.15) is 11.6 Å². The van der Waals surface area contributed by atoms with E-state index in [4.69, 9.17) is 4.74 Å². The first-order chi connectivity index (χ1) is 15.9. The minimum atomic E-state index is -0.0589. The minimum absolute atomic E-state index is 0.0589. The van der Waals surface area contributed by atoms with Gasteiger partial charge in [-0.2, -0.15) is 0 Å². The summed E-state index contributed by atoms with van der Waals surface area (Å²) in [6.45, 7) is 13.2. The second-order valence-electron chi connectivity index (χ2n) is 8.13. The molecule has 0 fully saturated rings. The number of hydrogen-bond donors (Lipinski definition) is 1. The van der Waals surface area contributed by atoms with Gasteiger partial charge in [-0.25, -0.2) is 0 Å². The lowest BCUT2D eigenvalue weighted by atomic mass is 10.1. The molecule has 0 aliphatic carbocycles. The van der Waals surface area contributed by atoms with E-state index in [2.05, 4.69) is 41.1 Å². The molecule has 3 rings (SSSR count). The second-order valence-corrected chi connectivity index (χ2v) is 9.07. The van der Waals surface area contributed by atoms with Crippen LogP contribution in [0, 0.1) is 27.7 Å². The van der Waals surface area contributed by atoms with E-state index < -0.39 is 0 Å². The highest BCUT2D eigenvalue weighted by atomic mass is 32.2. The first kappa shape index (κ1) is 24.6. The molecular weight excluding hydrogens is 432 g/mol. The molecule has 1 heterocycles. The number of nitrogens with one attached hydrogen (secondary N) is 1. The Labute approximate surface area is 200 Å². The first-order valence-electron chi connectivity index (χ1n) is 11.1. The van der Waals surface area contributed by atoms with E-state index in [-0.39, 0.29) is 11.7 Å². The summed E-state index contributed by atoms with van der Waals surface area (Å²) in [7, 11) is 0. The number of thioether (sulfide) groups is 1. The van der Waals surface area contributed by atoms with E-state index in [9.17, 15) is 4.79 Å². The van der Waals surface area contributed by atoms with Crippen molar-refractivity contribution in [1.82, 2.24) is 14.8 Å². The highest BCUT2D eigenvalue weighted by Crippen LogP contribution is 2.23. The fourth-order valence-electron chi connectivity index (χ4n) is 3.74. The summed E-state index contributed by atoms with van der Waals surface area (Å²) < 4.78 is 7.91. The lowest BCUT2D eigenvalue weighted by molar-refractivity contribution is -0.113. The van der Waals surface area contributed by atoms with Gasteiger partial charge in [-0.05, 0) is 56.9 Å². The number of para-hydroxylation sites is 1. The average Bonchev–Trinajstić information content (AvgIpc) is 3.15. The second kappa shape index (κ2) is 11.7. The van der Waals surface area contributed by atoms with E-state index in [0.29, 0.717) is 13.2 Å². The highest BCUT2D eigenvalue weighted by Gasteiger charge is 2.15. The van der Waals surface area contributed by atoms with Crippen LogP contribution in [0.1, 0.15) is 34.5 Å². The van der Waals surface area contributed by atoms with Gasteiger partial charge < -0.3 is 14.6 Å². The van der Waals surface area contributed by atoms with Gasteiger partial charge in [-0.15, -0.1) is 16.8 Å². The number of anilines is 1. The lowest BCUT2D eigenvalue weighted by Crippen LogP contribution is -2.16. The van der Waals surface area contributed by atoms with E-state index in [1.165, 1.54) is 17.3 Å². The Balaban J connectivity index is 1.56. The fourth-order valence-corrected chi connectivity index (χ4v) is 4.50. The maximum atomic E-state index is 12.6. The van der Waals surface area contributed by atoms with Gasteiger partial charge in [0, 0.05) is 18.7 Å². The molecule has 6 nitrogen and oxygen atoms in total. The number of benzene rings is 2. The number of aryl methyl sites for hydroxylation is 5. The summed E-state index contributed by atoms with van der Waals surface area (Å²) in [5, 5.41) is 12.4. The van der Waals surface area contributed by atoms with Crippen molar-refractivity contribution in [3.05, 3.63) is 77.1 Å². The number of hydrogen-bond acceptors (Lipinski definition) is 5. The van der Waals surface area contributed by atoms with Crippen LogP contribution in [-0.2, 0) is 17.8 Å². The molecule has 7 heteroatoms. The topological polar surface area (TPSA) is 69.0 Å². The third-order valence-electron chi connectivity index (χ3n) is 5.27. The molecule has 1 aromatic heterocycles. The van der Waals surface area contributed by atoms with Crippen LogP contribution in [-0.4, -0.2) is 33.0 Å². The molecule has 0 aliphatic rings. The Morgan fingerprint density at radius 3 is 2.55 bits per heavy atom. The van der Waals surface area contributed by atoms with Crippen LogP contribution in [0.15, 0.2) is 54.2 Å². The van der Waals surface area contributed by atoms with Crippen molar-refractivity contribution in [1.29, 1.82) is 0 Å². The quantitative estimate of drug-likeness (QED) is 0.232. The smallest absolute Gasteiger partial charge is 0.234 e. The van der Waals surface area contributed by atoms with Gasteiger partial charge in [0.25, 0.3) is 0 Å². The third kappa shape index (κ3) is 6.71. The number of ether oxygens (including phenoxy) is 1. The zero-order valence-corrected chi connectivity index (χ0v) is 20.7. The van der Waals surface area contributed by atoms with Crippen molar-refractivity contribution < 1.29 is 9.53 Å². The third-order valence-corrected chi connectivity index (χ3v) is 6.24. The molecule has 0 saturated heterocycles. The van der Waals surface area contributed by atoms with Crippen molar-refractivity contribution in [2.24, 2.45) is 0 Å². The normalized spacial score (nSPS) is 10.8. The average molecular weight is 465 g/mol. The predicted octanol–water partition coefficient (Wildman–Crippen LogP) is 5.44. The fraction of sp³-hybridized carbons (Fsp3) is 0.346. The summed E-state index contributed by atoms with van der Waals surface area (Å²) >= 11 is 1.39. The molecule has 1 N–H and O–H groups in total. The summed E-state index contributed by atoms with van der Waals surface area (Å²) in [5.41, 5.74) is 5.33. The minimum Gasteiger partial charge on any atom is -0.493 e. The number of carbonyl (C=O) groups excluding carboxylic acids is 1. The van der Waals surface area contributed by atoms with Crippen LogP contribution in [0.4, 0.5) is 5.69 Å². The molecule has 0 bridgehead atoms. The molecule has 2 aromatic carbocycles. The monoisotopic (exact) mass is 464 g/mol. The van der Waals surface area contributed by atoms with Crippen LogP contribution in [0.5, 0.6) is 5.75 Å². The molecule has 174 valence electrons. The van der Waals surface area contributed by atoms with Gasteiger partial charge in [-0.1, -0.05) is 53.7 Å². The molecule has 0 spiro atoms. The van der Waals surface area contributed by atoms with Gasteiger partial charge >= 0.3 is 0 Å². The highest BCUT2D eigenvalue weighted by molar-refractivity contribution is 7.99. The van der Waals surface area contributed by atoms with E-state index in [1.807, 2.05) is 55.7 Å². The Bertz CT molecular complexity index is 1100. The SMILES string of the molecule is C=CCn1c(CCCOc2ccccc2C)nnc1SCC(=O)Nc1c(C)cc(C)cc1C. The summed E-state index contributed by atoms with van der Waals surface area (Å²) in [5.74, 6) is 1.98. The number of allylic oxidation sites excluding steroid dienone is 1. The van der Waals surface area contributed by atoms with Crippen molar-refractivity contribution in [3.63, 3.8) is 0 Å². The summed E-state index contributed by atoms with van der Waals surface area (Å²) in [4.78, 5) is 12.6. The van der Waals surface area contributed by atoms with E-state index >= 15 is 0 Å². The number of rotatable bonds is 11. The van der Waals surface area contributed by atoms with Gasteiger partial charge in [0.15, 0.2) is 5.16 Å². The Hall–Kier alpha value is -3.06. The van der Waals surface area contributed by atoms with E-state index in [1.54, 1.807) is 0 Å². The first-order valence-corrected chi connectivity index (χ1v) is 12.1. The van der Waals surface area contributed by atoms with Gasteiger partial charge in [-0.3, -0.25) is 4.79 Å². The van der Waals surface area contributed by atoms with Gasteiger partial charge in [0.2, 0.25) is 5.91 Å². The van der Waals surface area contributed by atoms with Crippen molar-refractivity contribution in [3.8, 4) is 5.75 Å².